The predicted molar refractivity (Wildman–Crippen MR) is 68.8 cm³/mol. The molecule has 0 aliphatic carbocycles. The third-order valence-corrected chi connectivity index (χ3v) is 3.22. The van der Waals surface area contributed by atoms with Gasteiger partial charge in [-0.25, -0.2) is 4.39 Å². The van der Waals surface area contributed by atoms with E-state index in [1.165, 1.54) is 18.2 Å². The Morgan fingerprint density at radius 1 is 1.56 bits per heavy atom. The monoisotopic (exact) mass is 251 g/mol. The number of hydrogen-bond acceptors (Lipinski definition) is 3. The van der Waals surface area contributed by atoms with Crippen LogP contribution < -0.4 is 11.1 Å². The quantitative estimate of drug-likeness (QED) is 0.777. The van der Waals surface area contributed by atoms with Crippen LogP contribution in [0.25, 0.3) is 0 Å². The number of amides is 1. The molecule has 18 heavy (non-hydrogen) atoms. The first-order chi connectivity index (χ1) is 8.56. The molecular weight excluding hydrogens is 233 g/mol. The van der Waals surface area contributed by atoms with Gasteiger partial charge in [-0.3, -0.25) is 4.79 Å². The van der Waals surface area contributed by atoms with Crippen LogP contribution in [-0.2, 0) is 0 Å². The number of benzene rings is 1. The third kappa shape index (κ3) is 2.98. The number of anilines is 1. The minimum Gasteiger partial charge on any atom is -0.398 e. The molecule has 0 aromatic heterocycles. The molecule has 4 nitrogen and oxygen atoms in total. The van der Waals surface area contributed by atoms with Crippen molar-refractivity contribution in [1.29, 1.82) is 0 Å². The van der Waals surface area contributed by atoms with E-state index in [0.29, 0.717) is 5.56 Å². The van der Waals surface area contributed by atoms with E-state index in [-0.39, 0.29) is 17.6 Å². The number of likely N-dealkylation sites (tertiary alicyclic amines) is 1. The van der Waals surface area contributed by atoms with Crippen LogP contribution in [0.2, 0.25) is 0 Å². The number of halogens is 1. The first-order valence-electron chi connectivity index (χ1n) is 6.10. The van der Waals surface area contributed by atoms with Gasteiger partial charge >= 0.3 is 0 Å². The summed E-state index contributed by atoms with van der Waals surface area (Å²) >= 11 is 0. The molecule has 98 valence electrons. The Morgan fingerprint density at radius 2 is 2.33 bits per heavy atom. The van der Waals surface area contributed by atoms with Crippen LogP contribution in [0.15, 0.2) is 18.2 Å². The fourth-order valence-electron chi connectivity index (χ4n) is 2.29. The van der Waals surface area contributed by atoms with Gasteiger partial charge in [0.25, 0.3) is 5.91 Å². The summed E-state index contributed by atoms with van der Waals surface area (Å²) in [6.07, 6.45) is 2.04. The van der Waals surface area contributed by atoms with Gasteiger partial charge in [0.05, 0.1) is 5.56 Å². The van der Waals surface area contributed by atoms with E-state index >= 15 is 0 Å². The van der Waals surface area contributed by atoms with E-state index in [9.17, 15) is 9.18 Å². The van der Waals surface area contributed by atoms with E-state index in [2.05, 4.69) is 10.2 Å². The second kappa shape index (κ2) is 5.35. The second-order valence-electron chi connectivity index (χ2n) is 4.81. The number of rotatable bonds is 2. The number of nitrogen functional groups attached to an aromatic ring is 1. The summed E-state index contributed by atoms with van der Waals surface area (Å²) in [6.45, 7) is 1.90. The van der Waals surface area contributed by atoms with Crippen molar-refractivity contribution in [2.75, 3.05) is 25.9 Å². The zero-order chi connectivity index (χ0) is 13.1. The minimum absolute atomic E-state index is 0.140. The molecule has 3 N–H and O–H groups in total. The van der Waals surface area contributed by atoms with Crippen molar-refractivity contribution in [3.8, 4) is 0 Å². The lowest BCUT2D eigenvalue weighted by Crippen LogP contribution is -2.46. The van der Waals surface area contributed by atoms with Crippen molar-refractivity contribution in [3.05, 3.63) is 29.6 Å². The molecule has 1 aliphatic heterocycles. The fourth-order valence-corrected chi connectivity index (χ4v) is 2.29. The Hall–Kier alpha value is -1.62. The molecule has 2 rings (SSSR count). The highest BCUT2D eigenvalue weighted by atomic mass is 19.1. The number of carbonyl (C=O) groups is 1. The van der Waals surface area contributed by atoms with Crippen LogP contribution >= 0.6 is 0 Å². The summed E-state index contributed by atoms with van der Waals surface area (Å²) in [7, 11) is 2.03. The molecule has 1 unspecified atom stereocenters. The Bertz CT molecular complexity index is 450. The van der Waals surface area contributed by atoms with E-state index in [0.717, 1.165) is 25.9 Å². The van der Waals surface area contributed by atoms with Crippen molar-refractivity contribution in [2.24, 2.45) is 0 Å². The van der Waals surface area contributed by atoms with Crippen LogP contribution in [0, 0.1) is 5.82 Å². The molecule has 5 heteroatoms. The maximum atomic E-state index is 12.9. The van der Waals surface area contributed by atoms with Crippen molar-refractivity contribution in [3.63, 3.8) is 0 Å². The normalized spacial score (nSPS) is 20.7. The highest BCUT2D eigenvalue weighted by molar-refractivity contribution is 5.99. The molecule has 1 saturated heterocycles. The number of piperidine rings is 1. The van der Waals surface area contributed by atoms with Gasteiger partial charge in [0.2, 0.25) is 0 Å². The summed E-state index contributed by atoms with van der Waals surface area (Å²) in [4.78, 5) is 14.2. The van der Waals surface area contributed by atoms with Gasteiger partial charge in [-0.15, -0.1) is 0 Å². The number of likely N-dealkylation sites (N-methyl/N-ethyl adjacent to an activating group) is 1. The second-order valence-corrected chi connectivity index (χ2v) is 4.81. The zero-order valence-electron chi connectivity index (χ0n) is 10.4. The summed E-state index contributed by atoms with van der Waals surface area (Å²) in [5.41, 5.74) is 6.16. The predicted octanol–water partition coefficient (Wildman–Crippen LogP) is 1.23. The van der Waals surface area contributed by atoms with Crippen molar-refractivity contribution in [1.82, 2.24) is 10.2 Å². The molecule has 0 radical (unpaired) electrons. The van der Waals surface area contributed by atoms with Gasteiger partial charge in [-0.2, -0.15) is 0 Å². The molecule has 1 amide bonds. The highest BCUT2D eigenvalue weighted by Crippen LogP contribution is 2.15. The zero-order valence-corrected chi connectivity index (χ0v) is 10.4. The number of carbonyl (C=O) groups excluding carboxylic acids is 1. The van der Waals surface area contributed by atoms with Gasteiger partial charge in [0, 0.05) is 18.3 Å². The number of hydrogen-bond donors (Lipinski definition) is 2. The van der Waals surface area contributed by atoms with Crippen molar-refractivity contribution >= 4 is 11.6 Å². The maximum absolute atomic E-state index is 12.9. The highest BCUT2D eigenvalue weighted by Gasteiger charge is 2.20. The lowest BCUT2D eigenvalue weighted by atomic mass is 10.1. The average Bonchev–Trinajstić information content (AvgIpc) is 2.28. The van der Waals surface area contributed by atoms with E-state index in [4.69, 9.17) is 5.73 Å². The van der Waals surface area contributed by atoms with Gasteiger partial charge in [0.15, 0.2) is 0 Å². The molecule has 1 heterocycles. The van der Waals surface area contributed by atoms with E-state index in [1.807, 2.05) is 7.05 Å². The first-order valence-corrected chi connectivity index (χ1v) is 6.10. The third-order valence-electron chi connectivity index (χ3n) is 3.22. The molecule has 1 atom stereocenters. The molecule has 0 spiro atoms. The summed E-state index contributed by atoms with van der Waals surface area (Å²) in [5.74, 6) is -0.658. The standard InChI is InChI=1S/C13H18FN3O/c1-17-6-2-3-10(8-17)16-13(18)11-5-4-9(14)7-12(11)15/h4-5,7,10H,2-3,6,8,15H2,1H3,(H,16,18). The van der Waals surface area contributed by atoms with Gasteiger partial charge in [0.1, 0.15) is 5.82 Å². The molecule has 1 fully saturated rings. The minimum atomic E-state index is -0.429. The lowest BCUT2D eigenvalue weighted by Gasteiger charge is -2.30. The fraction of sp³-hybridized carbons (Fsp3) is 0.462. The van der Waals surface area contributed by atoms with Crippen LogP contribution in [-0.4, -0.2) is 37.0 Å². The first kappa shape index (κ1) is 12.8. The maximum Gasteiger partial charge on any atom is 0.253 e. The van der Waals surface area contributed by atoms with E-state index in [1.54, 1.807) is 0 Å². The van der Waals surface area contributed by atoms with Crippen LogP contribution in [0.4, 0.5) is 10.1 Å². The molecule has 1 aromatic rings. The molecule has 0 bridgehead atoms. The topological polar surface area (TPSA) is 58.4 Å². The Labute approximate surface area is 106 Å². The van der Waals surface area contributed by atoms with Crippen LogP contribution in [0.5, 0.6) is 0 Å². The Balaban J connectivity index is 2.03. The number of nitrogens with zero attached hydrogens (tertiary/aromatic N) is 1. The summed E-state index contributed by atoms with van der Waals surface area (Å²) in [6, 6.07) is 3.98. The SMILES string of the molecule is CN1CCCC(NC(=O)c2ccc(F)cc2N)C1. The Kier molecular flexibility index (Phi) is 3.81. The average molecular weight is 251 g/mol. The lowest BCUT2D eigenvalue weighted by molar-refractivity contribution is 0.0913. The van der Waals surface area contributed by atoms with Crippen molar-refractivity contribution < 1.29 is 9.18 Å². The molecular formula is C13H18FN3O. The number of nitrogens with two attached hydrogens (primary N) is 1. The largest absolute Gasteiger partial charge is 0.398 e. The van der Waals surface area contributed by atoms with Crippen LogP contribution in [0.1, 0.15) is 23.2 Å². The van der Waals surface area contributed by atoms with E-state index < -0.39 is 5.82 Å². The summed E-state index contributed by atoms with van der Waals surface area (Å²) < 4.78 is 12.9. The molecule has 1 aromatic carbocycles. The van der Waals surface area contributed by atoms with Gasteiger partial charge in [-0.05, 0) is 44.6 Å². The molecule has 1 aliphatic rings. The van der Waals surface area contributed by atoms with Crippen LogP contribution in [0.3, 0.4) is 0 Å². The van der Waals surface area contributed by atoms with Crippen molar-refractivity contribution in [2.45, 2.75) is 18.9 Å². The number of nitrogens with one attached hydrogen (secondary N) is 1. The Morgan fingerprint density at radius 3 is 3.00 bits per heavy atom. The molecule has 0 saturated carbocycles. The van der Waals surface area contributed by atoms with Gasteiger partial charge in [-0.1, -0.05) is 0 Å². The summed E-state index contributed by atoms with van der Waals surface area (Å²) in [5, 5.41) is 2.94. The van der Waals surface area contributed by atoms with Gasteiger partial charge < -0.3 is 16.0 Å². The smallest absolute Gasteiger partial charge is 0.253 e.